The zero-order valence-electron chi connectivity index (χ0n) is 10.3. The molecular weight excluding hydrogens is 233 g/mol. The van der Waals surface area contributed by atoms with Crippen LogP contribution in [0.4, 0.5) is 10.1 Å². The van der Waals surface area contributed by atoms with E-state index in [4.69, 9.17) is 5.73 Å². The maximum Gasteiger partial charge on any atom is 0.348 e. The van der Waals surface area contributed by atoms with Crippen LogP contribution in [0.1, 0.15) is 17.0 Å². The van der Waals surface area contributed by atoms with Gasteiger partial charge >= 0.3 is 5.69 Å². The highest BCUT2D eigenvalue weighted by molar-refractivity contribution is 5.47. The SMILES string of the molecule is Cc1cc(C)n(Cc2c(N)cccc2F)c(=O)n1. The van der Waals surface area contributed by atoms with Crippen LogP contribution in [0.15, 0.2) is 29.1 Å². The monoisotopic (exact) mass is 247 g/mol. The van der Waals surface area contributed by atoms with E-state index in [1.165, 1.54) is 16.7 Å². The molecule has 0 amide bonds. The van der Waals surface area contributed by atoms with Crippen molar-refractivity contribution < 1.29 is 4.39 Å². The van der Waals surface area contributed by atoms with Gasteiger partial charge in [-0.05, 0) is 32.0 Å². The van der Waals surface area contributed by atoms with E-state index in [-0.39, 0.29) is 6.54 Å². The Balaban J connectivity index is 2.50. The summed E-state index contributed by atoms with van der Waals surface area (Å²) in [5.41, 5.74) is 7.36. The van der Waals surface area contributed by atoms with Crippen molar-refractivity contribution in [2.24, 2.45) is 0 Å². The van der Waals surface area contributed by atoms with Crippen LogP contribution in [-0.2, 0) is 6.54 Å². The Morgan fingerprint density at radius 3 is 2.72 bits per heavy atom. The topological polar surface area (TPSA) is 60.9 Å². The first kappa shape index (κ1) is 12.3. The van der Waals surface area contributed by atoms with E-state index in [9.17, 15) is 9.18 Å². The Kier molecular flexibility index (Phi) is 3.14. The van der Waals surface area contributed by atoms with Gasteiger partial charge in [0.15, 0.2) is 0 Å². The highest BCUT2D eigenvalue weighted by atomic mass is 19.1. The number of nitrogen functional groups attached to an aromatic ring is 1. The fourth-order valence-corrected chi connectivity index (χ4v) is 1.87. The summed E-state index contributed by atoms with van der Waals surface area (Å²) in [4.78, 5) is 15.6. The van der Waals surface area contributed by atoms with Gasteiger partial charge in [0.25, 0.3) is 0 Å². The third kappa shape index (κ3) is 2.25. The summed E-state index contributed by atoms with van der Waals surface area (Å²) in [6.45, 7) is 3.62. The molecule has 0 saturated carbocycles. The van der Waals surface area contributed by atoms with Crippen molar-refractivity contribution in [3.05, 3.63) is 57.5 Å². The molecule has 0 aliphatic heterocycles. The molecule has 2 N–H and O–H groups in total. The van der Waals surface area contributed by atoms with Crippen molar-refractivity contribution >= 4 is 5.69 Å². The van der Waals surface area contributed by atoms with Crippen LogP contribution in [0, 0.1) is 19.7 Å². The van der Waals surface area contributed by atoms with Gasteiger partial charge in [0.2, 0.25) is 0 Å². The van der Waals surface area contributed by atoms with Gasteiger partial charge in [0, 0.05) is 22.6 Å². The van der Waals surface area contributed by atoms with Crippen LogP contribution >= 0.6 is 0 Å². The molecule has 1 heterocycles. The molecule has 0 fully saturated rings. The molecule has 2 aromatic rings. The molecule has 1 aromatic carbocycles. The molecule has 0 radical (unpaired) electrons. The van der Waals surface area contributed by atoms with E-state index in [0.29, 0.717) is 16.9 Å². The maximum atomic E-state index is 13.7. The minimum atomic E-state index is -0.415. The highest BCUT2D eigenvalue weighted by Gasteiger charge is 2.10. The van der Waals surface area contributed by atoms with E-state index in [1.807, 2.05) is 0 Å². The summed E-state index contributed by atoms with van der Waals surface area (Å²) >= 11 is 0. The second kappa shape index (κ2) is 4.60. The second-order valence-corrected chi connectivity index (χ2v) is 4.22. The molecule has 0 spiro atoms. The smallest absolute Gasteiger partial charge is 0.348 e. The number of hydrogen-bond acceptors (Lipinski definition) is 3. The van der Waals surface area contributed by atoms with E-state index in [1.54, 1.807) is 26.0 Å². The number of hydrogen-bond donors (Lipinski definition) is 1. The summed E-state index contributed by atoms with van der Waals surface area (Å²) in [6, 6.07) is 6.25. The highest BCUT2D eigenvalue weighted by Crippen LogP contribution is 2.16. The molecule has 5 heteroatoms. The van der Waals surface area contributed by atoms with Crippen molar-refractivity contribution in [2.45, 2.75) is 20.4 Å². The number of nitrogens with two attached hydrogens (primary N) is 1. The van der Waals surface area contributed by atoms with Crippen LogP contribution < -0.4 is 11.4 Å². The van der Waals surface area contributed by atoms with Crippen molar-refractivity contribution in [3.63, 3.8) is 0 Å². The normalized spacial score (nSPS) is 10.6. The average molecular weight is 247 g/mol. The molecule has 0 saturated heterocycles. The zero-order chi connectivity index (χ0) is 13.3. The third-order valence-electron chi connectivity index (χ3n) is 2.82. The molecule has 94 valence electrons. The van der Waals surface area contributed by atoms with Crippen LogP contribution in [-0.4, -0.2) is 9.55 Å². The van der Waals surface area contributed by atoms with Gasteiger partial charge in [-0.15, -0.1) is 0 Å². The number of anilines is 1. The molecule has 0 bridgehead atoms. The summed E-state index contributed by atoms with van der Waals surface area (Å²) in [5.74, 6) is -0.415. The maximum absolute atomic E-state index is 13.7. The van der Waals surface area contributed by atoms with E-state index in [2.05, 4.69) is 4.98 Å². The zero-order valence-corrected chi connectivity index (χ0v) is 10.3. The minimum absolute atomic E-state index is 0.0937. The van der Waals surface area contributed by atoms with E-state index in [0.717, 1.165) is 5.69 Å². The quantitative estimate of drug-likeness (QED) is 0.820. The molecule has 0 aliphatic rings. The minimum Gasteiger partial charge on any atom is -0.398 e. The lowest BCUT2D eigenvalue weighted by Crippen LogP contribution is -2.26. The lowest BCUT2D eigenvalue weighted by molar-refractivity contribution is 0.590. The van der Waals surface area contributed by atoms with Crippen LogP contribution in [0.25, 0.3) is 0 Å². The third-order valence-corrected chi connectivity index (χ3v) is 2.82. The summed E-state index contributed by atoms with van der Waals surface area (Å²) in [6.07, 6.45) is 0. The lowest BCUT2D eigenvalue weighted by atomic mass is 10.1. The number of rotatable bonds is 2. The average Bonchev–Trinajstić information content (AvgIpc) is 2.26. The predicted octanol–water partition coefficient (Wildman–Crippen LogP) is 1.63. The van der Waals surface area contributed by atoms with Crippen LogP contribution in [0.3, 0.4) is 0 Å². The summed E-state index contributed by atoms with van der Waals surface area (Å²) in [5, 5.41) is 0. The fraction of sp³-hybridized carbons (Fsp3) is 0.231. The molecule has 0 atom stereocenters. The van der Waals surface area contributed by atoms with Crippen molar-refractivity contribution in [2.75, 3.05) is 5.73 Å². The first-order valence-electron chi connectivity index (χ1n) is 5.57. The molecule has 4 nitrogen and oxygen atoms in total. The Hall–Kier alpha value is -2.17. The Morgan fingerprint density at radius 1 is 1.39 bits per heavy atom. The number of aryl methyl sites for hydroxylation is 2. The van der Waals surface area contributed by atoms with Gasteiger partial charge in [-0.2, -0.15) is 4.98 Å². The van der Waals surface area contributed by atoms with E-state index < -0.39 is 11.5 Å². The van der Waals surface area contributed by atoms with Crippen molar-refractivity contribution in [3.8, 4) is 0 Å². The molecule has 2 rings (SSSR count). The van der Waals surface area contributed by atoms with Crippen molar-refractivity contribution in [1.82, 2.24) is 9.55 Å². The Bertz CT molecular complexity index is 629. The lowest BCUT2D eigenvalue weighted by Gasteiger charge is -2.12. The van der Waals surface area contributed by atoms with Gasteiger partial charge in [0.05, 0.1) is 6.54 Å². The van der Waals surface area contributed by atoms with Gasteiger partial charge in [-0.25, -0.2) is 9.18 Å². The van der Waals surface area contributed by atoms with E-state index >= 15 is 0 Å². The van der Waals surface area contributed by atoms with Crippen LogP contribution in [0.5, 0.6) is 0 Å². The largest absolute Gasteiger partial charge is 0.398 e. The van der Waals surface area contributed by atoms with Crippen LogP contribution in [0.2, 0.25) is 0 Å². The second-order valence-electron chi connectivity index (χ2n) is 4.22. The van der Waals surface area contributed by atoms with Gasteiger partial charge in [-0.1, -0.05) is 6.07 Å². The number of nitrogens with zero attached hydrogens (tertiary/aromatic N) is 2. The number of halogens is 1. The first-order chi connectivity index (χ1) is 8.49. The standard InChI is InChI=1S/C13H14FN3O/c1-8-6-9(2)17(13(18)16-8)7-10-11(14)4-3-5-12(10)15/h3-6H,7,15H2,1-2H3. The van der Waals surface area contributed by atoms with Gasteiger partial charge in [-0.3, -0.25) is 4.57 Å². The van der Waals surface area contributed by atoms with Gasteiger partial charge < -0.3 is 5.73 Å². The Morgan fingerprint density at radius 2 is 2.11 bits per heavy atom. The number of benzene rings is 1. The Labute approximate surface area is 104 Å². The molecular formula is C13H14FN3O. The fourth-order valence-electron chi connectivity index (χ4n) is 1.87. The van der Waals surface area contributed by atoms with Crippen molar-refractivity contribution in [1.29, 1.82) is 0 Å². The molecule has 0 aliphatic carbocycles. The molecule has 18 heavy (non-hydrogen) atoms. The molecule has 1 aromatic heterocycles. The first-order valence-corrected chi connectivity index (χ1v) is 5.57. The number of aromatic nitrogens is 2. The summed E-state index contributed by atoms with van der Waals surface area (Å²) < 4.78 is 15.1. The summed E-state index contributed by atoms with van der Waals surface area (Å²) in [7, 11) is 0. The predicted molar refractivity (Wildman–Crippen MR) is 67.9 cm³/mol. The van der Waals surface area contributed by atoms with Gasteiger partial charge in [0.1, 0.15) is 5.82 Å². The molecule has 0 unspecified atom stereocenters.